The molecular weight excluding hydrogens is 384 g/mol. The molecule has 3 heterocycles. The second-order valence-electron chi connectivity index (χ2n) is 9.55. The maximum Gasteiger partial charge on any atom is 0.311 e. The lowest BCUT2D eigenvalue weighted by atomic mass is 9.57. The fraction of sp³-hybridized carbons (Fsp3) is 0.636. The van der Waals surface area contributed by atoms with Crippen LogP contribution in [0.15, 0.2) is 12.5 Å². The van der Waals surface area contributed by atoms with E-state index in [9.17, 15) is 9.59 Å². The quantitative estimate of drug-likeness (QED) is 0.768. The summed E-state index contributed by atoms with van der Waals surface area (Å²) in [7, 11) is 1.41. The van der Waals surface area contributed by atoms with Crippen LogP contribution >= 0.6 is 0 Å². The summed E-state index contributed by atoms with van der Waals surface area (Å²) in [6, 6.07) is 0. The molecule has 1 aliphatic heterocycles. The van der Waals surface area contributed by atoms with E-state index >= 15 is 0 Å². The molecule has 4 rings (SSSR count). The summed E-state index contributed by atoms with van der Waals surface area (Å²) in [5, 5.41) is 1.00. The Kier molecular flexibility index (Phi) is 4.98. The van der Waals surface area contributed by atoms with E-state index in [-0.39, 0.29) is 29.2 Å². The molecule has 0 bridgehead atoms. The molecule has 8 heteroatoms. The Labute approximate surface area is 176 Å². The van der Waals surface area contributed by atoms with Gasteiger partial charge in [0.1, 0.15) is 23.4 Å². The van der Waals surface area contributed by atoms with Gasteiger partial charge in [-0.25, -0.2) is 9.97 Å². The number of hydrogen-bond donors (Lipinski definition) is 1. The van der Waals surface area contributed by atoms with Crippen LogP contribution in [-0.2, 0) is 25.5 Å². The molecule has 1 spiro atoms. The van der Waals surface area contributed by atoms with Crippen LogP contribution in [0.5, 0.6) is 0 Å². The number of nitrogens with zero attached hydrogens (tertiary/aromatic N) is 3. The molecule has 1 saturated carbocycles. The number of fused-ring (bicyclic) bond motifs is 1. The molecule has 1 unspecified atom stereocenters. The zero-order valence-electron chi connectivity index (χ0n) is 18.3. The summed E-state index contributed by atoms with van der Waals surface area (Å²) in [4.78, 5) is 39.5. The van der Waals surface area contributed by atoms with E-state index in [0.29, 0.717) is 25.9 Å². The number of rotatable bonds is 4. The molecule has 2 aliphatic rings. The van der Waals surface area contributed by atoms with Crippen LogP contribution in [0.2, 0.25) is 0 Å². The van der Waals surface area contributed by atoms with Crippen molar-refractivity contribution in [2.75, 3.05) is 25.1 Å². The van der Waals surface area contributed by atoms with Crippen LogP contribution in [0.1, 0.15) is 46.1 Å². The third-order valence-corrected chi connectivity index (χ3v) is 6.39. The van der Waals surface area contributed by atoms with Crippen molar-refractivity contribution in [3.63, 3.8) is 0 Å². The number of hydrogen-bond acceptors (Lipinski definition) is 7. The molecule has 1 aliphatic carbocycles. The molecule has 0 radical (unpaired) electrons. The Balaban J connectivity index is 1.67. The Bertz CT molecular complexity index is 971. The molecule has 30 heavy (non-hydrogen) atoms. The standard InChI is InChI=1S/C22H30N4O4/c1-6-13-9-23-17-16(13)18(25-12-24-17)26-10-15(20(28)30-21(2,3)4)22(11-26)7-14(8-22)19(27)29-5/h9,12,14-15H,6-8,10-11H2,1-5H3,(H,23,24,25). The third-order valence-electron chi connectivity index (χ3n) is 6.39. The lowest BCUT2D eigenvalue weighted by Gasteiger charge is -2.46. The monoisotopic (exact) mass is 414 g/mol. The summed E-state index contributed by atoms with van der Waals surface area (Å²) < 4.78 is 10.7. The number of esters is 2. The van der Waals surface area contributed by atoms with Gasteiger partial charge in [-0.3, -0.25) is 9.59 Å². The highest BCUT2D eigenvalue weighted by atomic mass is 16.6. The Morgan fingerprint density at radius 1 is 1.27 bits per heavy atom. The van der Waals surface area contributed by atoms with Crippen molar-refractivity contribution >= 4 is 28.8 Å². The molecule has 2 fully saturated rings. The van der Waals surface area contributed by atoms with Gasteiger partial charge in [-0.2, -0.15) is 0 Å². The Morgan fingerprint density at radius 2 is 2.00 bits per heavy atom. The van der Waals surface area contributed by atoms with Crippen molar-refractivity contribution in [2.24, 2.45) is 17.3 Å². The fourth-order valence-electron chi connectivity index (χ4n) is 5.02. The van der Waals surface area contributed by atoms with Gasteiger partial charge < -0.3 is 19.4 Å². The Morgan fingerprint density at radius 3 is 2.63 bits per heavy atom. The predicted octanol–water partition coefficient (Wildman–Crippen LogP) is 2.87. The van der Waals surface area contributed by atoms with Gasteiger partial charge in [0.15, 0.2) is 0 Å². The van der Waals surface area contributed by atoms with Crippen molar-refractivity contribution in [2.45, 2.75) is 52.6 Å². The summed E-state index contributed by atoms with van der Waals surface area (Å²) in [5.41, 5.74) is 1.08. The van der Waals surface area contributed by atoms with Gasteiger partial charge in [0, 0.05) is 24.7 Å². The maximum absolute atomic E-state index is 13.1. The second kappa shape index (κ2) is 7.25. The summed E-state index contributed by atoms with van der Waals surface area (Å²) in [5.74, 6) is -0.0470. The smallest absolute Gasteiger partial charge is 0.311 e. The Hall–Kier alpha value is -2.64. The van der Waals surface area contributed by atoms with E-state index < -0.39 is 5.60 Å². The SMILES string of the molecule is CCc1c[nH]c2ncnc(N3CC(C(=O)OC(C)(C)C)C4(CC(C(=O)OC)C4)C3)c12. The summed E-state index contributed by atoms with van der Waals surface area (Å²) in [6.45, 7) is 8.91. The normalized spacial score (nSPS) is 26.1. The number of aromatic nitrogens is 3. The maximum atomic E-state index is 13.1. The third kappa shape index (κ3) is 3.42. The van der Waals surface area contributed by atoms with Crippen LogP contribution in [-0.4, -0.2) is 52.7 Å². The average Bonchev–Trinajstić information content (AvgIpc) is 3.26. The van der Waals surface area contributed by atoms with Crippen molar-refractivity contribution < 1.29 is 19.1 Å². The molecular formula is C22H30N4O4. The van der Waals surface area contributed by atoms with Crippen LogP contribution < -0.4 is 4.90 Å². The van der Waals surface area contributed by atoms with Crippen LogP contribution in [0.4, 0.5) is 5.82 Å². The highest BCUT2D eigenvalue weighted by molar-refractivity contribution is 5.91. The zero-order chi connectivity index (χ0) is 21.7. The lowest BCUT2D eigenvalue weighted by Crippen LogP contribution is -2.50. The van der Waals surface area contributed by atoms with Gasteiger partial charge in [0.05, 0.1) is 24.3 Å². The fourth-order valence-corrected chi connectivity index (χ4v) is 5.02. The van der Waals surface area contributed by atoms with E-state index in [0.717, 1.165) is 28.8 Å². The molecule has 2 aromatic rings. The highest BCUT2D eigenvalue weighted by Crippen LogP contribution is 2.56. The number of H-pyrrole nitrogens is 1. The molecule has 1 saturated heterocycles. The van der Waals surface area contributed by atoms with E-state index in [1.54, 1.807) is 6.33 Å². The number of carbonyl (C=O) groups excluding carboxylic acids is 2. The van der Waals surface area contributed by atoms with Gasteiger partial charge in [-0.15, -0.1) is 0 Å². The minimum absolute atomic E-state index is 0.163. The first-order valence-electron chi connectivity index (χ1n) is 10.5. The van der Waals surface area contributed by atoms with E-state index in [4.69, 9.17) is 9.47 Å². The summed E-state index contributed by atoms with van der Waals surface area (Å²) in [6.07, 6.45) is 5.64. The van der Waals surface area contributed by atoms with Gasteiger partial charge in [-0.1, -0.05) is 6.92 Å². The van der Waals surface area contributed by atoms with Crippen molar-refractivity contribution in [1.29, 1.82) is 0 Å². The lowest BCUT2D eigenvalue weighted by molar-refractivity contribution is -0.171. The molecule has 2 aromatic heterocycles. The number of ether oxygens (including phenoxy) is 2. The average molecular weight is 415 g/mol. The first-order chi connectivity index (χ1) is 14.2. The number of aromatic amines is 1. The van der Waals surface area contributed by atoms with Gasteiger partial charge in [0.25, 0.3) is 0 Å². The van der Waals surface area contributed by atoms with Crippen LogP contribution in [0, 0.1) is 17.3 Å². The molecule has 162 valence electrons. The second-order valence-corrected chi connectivity index (χ2v) is 9.55. The molecule has 1 N–H and O–H groups in total. The van der Waals surface area contributed by atoms with Crippen molar-refractivity contribution in [3.8, 4) is 0 Å². The van der Waals surface area contributed by atoms with Gasteiger partial charge >= 0.3 is 11.9 Å². The summed E-state index contributed by atoms with van der Waals surface area (Å²) >= 11 is 0. The predicted molar refractivity (Wildman–Crippen MR) is 112 cm³/mol. The number of nitrogens with one attached hydrogen (secondary N) is 1. The number of methoxy groups -OCH3 is 1. The van der Waals surface area contributed by atoms with Gasteiger partial charge in [0.2, 0.25) is 0 Å². The minimum atomic E-state index is -0.560. The van der Waals surface area contributed by atoms with E-state index in [1.807, 2.05) is 27.0 Å². The largest absolute Gasteiger partial charge is 0.469 e. The first-order valence-corrected chi connectivity index (χ1v) is 10.5. The molecule has 8 nitrogen and oxygen atoms in total. The van der Waals surface area contributed by atoms with E-state index in [2.05, 4.69) is 26.8 Å². The number of anilines is 1. The molecule has 0 aromatic carbocycles. The van der Waals surface area contributed by atoms with Crippen LogP contribution in [0.25, 0.3) is 11.0 Å². The van der Waals surface area contributed by atoms with Crippen molar-refractivity contribution in [3.05, 3.63) is 18.1 Å². The molecule has 1 atom stereocenters. The topological polar surface area (TPSA) is 97.4 Å². The minimum Gasteiger partial charge on any atom is -0.469 e. The zero-order valence-corrected chi connectivity index (χ0v) is 18.3. The van der Waals surface area contributed by atoms with Gasteiger partial charge in [-0.05, 0) is 45.6 Å². The van der Waals surface area contributed by atoms with E-state index in [1.165, 1.54) is 7.11 Å². The highest BCUT2D eigenvalue weighted by Gasteiger charge is 2.60. The van der Waals surface area contributed by atoms with Crippen molar-refractivity contribution in [1.82, 2.24) is 15.0 Å². The van der Waals surface area contributed by atoms with Crippen LogP contribution in [0.3, 0.4) is 0 Å². The number of aryl methyl sites for hydroxylation is 1. The first kappa shape index (κ1) is 20.6. The number of carbonyl (C=O) groups is 2. The molecule has 0 amide bonds.